The molecule has 0 spiro atoms. The van der Waals surface area contributed by atoms with E-state index in [9.17, 15) is 14.4 Å². The lowest BCUT2D eigenvalue weighted by molar-refractivity contribution is -0.131. The van der Waals surface area contributed by atoms with Crippen LogP contribution in [0, 0.1) is 0 Å². The van der Waals surface area contributed by atoms with Gasteiger partial charge in [-0.15, -0.1) is 11.3 Å². The Morgan fingerprint density at radius 3 is 2.96 bits per heavy atom. The minimum Gasteiger partial charge on any atom is -0.360 e. The summed E-state index contributed by atoms with van der Waals surface area (Å²) in [6.07, 6.45) is 2.53. The smallest absolute Gasteiger partial charge is 0.256 e. The first kappa shape index (κ1) is 17.5. The number of hydrogen-bond donors (Lipinski definition) is 2. The second-order valence-corrected chi connectivity index (χ2v) is 7.52. The number of aromatic nitrogens is 1. The topological polar surface area (TPSA) is 82.3 Å². The molecule has 2 aromatic heterocycles. The van der Waals surface area contributed by atoms with Gasteiger partial charge < -0.3 is 15.2 Å². The molecule has 3 aromatic rings. The van der Waals surface area contributed by atoms with E-state index in [1.165, 1.54) is 16.6 Å². The van der Waals surface area contributed by atoms with Crippen LogP contribution in [0.25, 0.3) is 10.9 Å². The lowest BCUT2D eigenvalue weighted by Crippen LogP contribution is -2.38. The fraction of sp³-hybridized carbons (Fsp3) is 0.250. The lowest BCUT2D eigenvalue weighted by atomic mass is 10.1. The summed E-state index contributed by atoms with van der Waals surface area (Å²) in [5.41, 5.74) is 1.65. The van der Waals surface area contributed by atoms with E-state index >= 15 is 0 Å². The third kappa shape index (κ3) is 3.50. The second-order valence-electron chi connectivity index (χ2n) is 6.52. The fourth-order valence-electron chi connectivity index (χ4n) is 3.33. The second kappa shape index (κ2) is 7.36. The molecule has 0 radical (unpaired) electrons. The number of fused-ring (bicyclic) bond motifs is 2. The van der Waals surface area contributed by atoms with Crippen molar-refractivity contribution in [2.75, 3.05) is 13.1 Å². The minimum atomic E-state index is -0.464. The fourth-order valence-corrected chi connectivity index (χ4v) is 4.22. The first-order chi connectivity index (χ1) is 13.1. The largest absolute Gasteiger partial charge is 0.360 e. The summed E-state index contributed by atoms with van der Waals surface area (Å²) < 4.78 is 0. The molecule has 138 valence electrons. The highest BCUT2D eigenvalue weighted by molar-refractivity contribution is 7.10. The molecule has 3 heterocycles. The molecular weight excluding hydrogens is 362 g/mol. The van der Waals surface area contributed by atoms with Gasteiger partial charge in [0.2, 0.25) is 11.3 Å². The Hall–Kier alpha value is -2.93. The molecule has 7 heteroatoms. The van der Waals surface area contributed by atoms with E-state index in [0.29, 0.717) is 24.0 Å². The van der Waals surface area contributed by atoms with Crippen molar-refractivity contribution < 1.29 is 9.59 Å². The van der Waals surface area contributed by atoms with Crippen molar-refractivity contribution in [3.63, 3.8) is 0 Å². The Bertz CT molecular complexity index is 1070. The van der Waals surface area contributed by atoms with Crippen molar-refractivity contribution in [2.24, 2.45) is 0 Å². The number of nitrogens with one attached hydrogen (secondary N) is 2. The number of benzene rings is 1. The van der Waals surface area contributed by atoms with Crippen LogP contribution in [0.3, 0.4) is 0 Å². The van der Waals surface area contributed by atoms with E-state index in [1.807, 2.05) is 11.0 Å². The van der Waals surface area contributed by atoms with Gasteiger partial charge in [-0.1, -0.05) is 12.1 Å². The van der Waals surface area contributed by atoms with Crippen LogP contribution in [0.2, 0.25) is 0 Å². The average molecular weight is 381 g/mol. The van der Waals surface area contributed by atoms with Crippen LogP contribution in [0.4, 0.5) is 0 Å². The summed E-state index contributed by atoms with van der Waals surface area (Å²) in [7, 11) is 0. The van der Waals surface area contributed by atoms with E-state index in [-0.39, 0.29) is 29.9 Å². The quantitative estimate of drug-likeness (QED) is 0.727. The number of H-pyrrole nitrogens is 1. The molecule has 0 saturated heterocycles. The molecule has 1 aliphatic rings. The van der Waals surface area contributed by atoms with Crippen LogP contribution in [0.15, 0.2) is 46.7 Å². The van der Waals surface area contributed by atoms with E-state index < -0.39 is 5.91 Å². The van der Waals surface area contributed by atoms with E-state index in [1.54, 1.807) is 29.5 Å². The highest BCUT2D eigenvalue weighted by Crippen LogP contribution is 2.24. The maximum Gasteiger partial charge on any atom is 0.256 e. The number of pyridine rings is 1. The number of carbonyl (C=O) groups excluding carboxylic acids is 2. The van der Waals surface area contributed by atoms with E-state index in [4.69, 9.17) is 0 Å². The molecule has 1 aliphatic heterocycles. The molecular formula is C20H19N3O3S. The number of carbonyl (C=O) groups is 2. The van der Waals surface area contributed by atoms with Crippen LogP contribution in [-0.2, 0) is 17.8 Å². The third-order valence-corrected chi connectivity index (χ3v) is 5.84. The summed E-state index contributed by atoms with van der Waals surface area (Å²) >= 11 is 1.73. The van der Waals surface area contributed by atoms with Gasteiger partial charge in [0.15, 0.2) is 0 Å². The predicted octanol–water partition coefficient (Wildman–Crippen LogP) is 2.29. The third-order valence-electron chi connectivity index (χ3n) is 4.82. The van der Waals surface area contributed by atoms with Crippen LogP contribution < -0.4 is 10.7 Å². The molecule has 0 fully saturated rings. The highest BCUT2D eigenvalue weighted by Gasteiger charge is 2.21. The van der Waals surface area contributed by atoms with Crippen LogP contribution >= 0.6 is 11.3 Å². The summed E-state index contributed by atoms with van der Waals surface area (Å²) in [6.45, 7) is 1.55. The Morgan fingerprint density at radius 1 is 1.22 bits per heavy atom. The van der Waals surface area contributed by atoms with Gasteiger partial charge in [0.25, 0.3) is 5.91 Å². The molecule has 1 aromatic carbocycles. The molecule has 2 amide bonds. The summed E-state index contributed by atoms with van der Waals surface area (Å²) in [5.74, 6) is -0.451. The van der Waals surface area contributed by atoms with Gasteiger partial charge in [0, 0.05) is 48.0 Å². The molecule has 0 saturated carbocycles. The number of amides is 2. The number of aromatic amines is 1. The Morgan fingerprint density at radius 2 is 2.07 bits per heavy atom. The molecule has 0 unspecified atom stereocenters. The zero-order valence-electron chi connectivity index (χ0n) is 14.7. The monoisotopic (exact) mass is 381 g/mol. The van der Waals surface area contributed by atoms with Crippen LogP contribution in [-0.4, -0.2) is 34.8 Å². The summed E-state index contributed by atoms with van der Waals surface area (Å²) in [4.78, 5) is 43.3. The van der Waals surface area contributed by atoms with Gasteiger partial charge in [-0.25, -0.2) is 0 Å². The van der Waals surface area contributed by atoms with Crippen molar-refractivity contribution >= 4 is 34.1 Å². The standard InChI is InChI=1S/C20H19N3O3S/c24-18(23-9-6-17-13(12-23)7-10-27-17)5-8-21-20(26)15-11-22-16-4-2-1-3-14(16)19(15)25/h1-4,7,10-11H,5-6,8-9,12H2,(H,21,26)(H,22,25). The molecule has 6 nitrogen and oxygen atoms in total. The van der Waals surface area contributed by atoms with E-state index in [0.717, 1.165) is 6.42 Å². The normalized spacial score (nSPS) is 13.4. The van der Waals surface area contributed by atoms with Gasteiger partial charge in [0.1, 0.15) is 5.56 Å². The van der Waals surface area contributed by atoms with Crippen molar-refractivity contribution in [1.29, 1.82) is 0 Å². The zero-order valence-corrected chi connectivity index (χ0v) is 15.5. The average Bonchev–Trinajstić information content (AvgIpc) is 3.16. The van der Waals surface area contributed by atoms with Crippen LogP contribution in [0.5, 0.6) is 0 Å². The zero-order chi connectivity index (χ0) is 18.8. The lowest BCUT2D eigenvalue weighted by Gasteiger charge is -2.27. The van der Waals surface area contributed by atoms with Crippen LogP contribution in [0.1, 0.15) is 27.2 Å². The number of para-hydroxylation sites is 1. The molecule has 4 rings (SSSR count). The minimum absolute atomic E-state index is 0.0135. The Kier molecular flexibility index (Phi) is 4.77. The van der Waals surface area contributed by atoms with Gasteiger partial charge in [-0.3, -0.25) is 14.4 Å². The molecule has 0 bridgehead atoms. The molecule has 2 N–H and O–H groups in total. The van der Waals surface area contributed by atoms with Crippen molar-refractivity contribution in [2.45, 2.75) is 19.4 Å². The predicted molar refractivity (Wildman–Crippen MR) is 105 cm³/mol. The molecule has 0 aliphatic carbocycles. The SMILES string of the molecule is O=C(NCCC(=O)N1CCc2sccc2C1)c1c[nH]c2ccccc2c1=O. The first-order valence-corrected chi connectivity index (χ1v) is 9.73. The van der Waals surface area contributed by atoms with Gasteiger partial charge in [-0.2, -0.15) is 0 Å². The summed E-state index contributed by atoms with van der Waals surface area (Å²) in [5, 5.41) is 5.21. The maximum atomic E-state index is 12.5. The highest BCUT2D eigenvalue weighted by atomic mass is 32.1. The summed E-state index contributed by atoms with van der Waals surface area (Å²) in [6, 6.07) is 9.12. The number of thiophene rings is 1. The van der Waals surface area contributed by atoms with Gasteiger partial charge in [0.05, 0.1) is 0 Å². The molecule has 27 heavy (non-hydrogen) atoms. The Labute approximate surface area is 159 Å². The number of rotatable bonds is 4. The van der Waals surface area contributed by atoms with Crippen molar-refractivity contribution in [3.05, 3.63) is 68.1 Å². The van der Waals surface area contributed by atoms with E-state index in [2.05, 4.69) is 21.7 Å². The number of hydrogen-bond acceptors (Lipinski definition) is 4. The first-order valence-electron chi connectivity index (χ1n) is 8.85. The molecule has 0 atom stereocenters. The van der Waals surface area contributed by atoms with Gasteiger partial charge >= 0.3 is 0 Å². The van der Waals surface area contributed by atoms with Crippen molar-refractivity contribution in [3.8, 4) is 0 Å². The van der Waals surface area contributed by atoms with Crippen molar-refractivity contribution in [1.82, 2.24) is 15.2 Å². The van der Waals surface area contributed by atoms with Gasteiger partial charge in [-0.05, 0) is 35.6 Å². The maximum absolute atomic E-state index is 12.5. The Balaban J connectivity index is 1.35. The number of nitrogens with zero attached hydrogens (tertiary/aromatic N) is 1.